The van der Waals surface area contributed by atoms with Gasteiger partial charge >= 0.3 is 5.97 Å². The first kappa shape index (κ1) is 26.5. The van der Waals surface area contributed by atoms with E-state index in [2.05, 4.69) is 5.32 Å². The van der Waals surface area contributed by atoms with Gasteiger partial charge in [-0.2, -0.15) is 0 Å². The highest BCUT2D eigenvalue weighted by atomic mass is 16.5. The van der Waals surface area contributed by atoms with E-state index >= 15 is 0 Å². The van der Waals surface area contributed by atoms with Gasteiger partial charge in [0.1, 0.15) is 11.5 Å². The molecule has 0 atom stereocenters. The summed E-state index contributed by atoms with van der Waals surface area (Å²) >= 11 is 0. The van der Waals surface area contributed by atoms with Crippen LogP contribution in [-0.4, -0.2) is 63.3 Å². The molecule has 9 heteroatoms. The number of esters is 1. The summed E-state index contributed by atoms with van der Waals surface area (Å²) in [4.78, 5) is 39.4. The minimum absolute atomic E-state index is 0.194. The average molecular weight is 495 g/mol. The van der Waals surface area contributed by atoms with Crippen molar-refractivity contribution in [3.05, 3.63) is 70.9 Å². The second kappa shape index (κ2) is 12.6. The fourth-order valence-corrected chi connectivity index (χ4v) is 3.69. The Morgan fingerprint density at radius 2 is 1.78 bits per heavy atom. The molecular formula is C27H30N2O7. The number of nitrogens with one attached hydrogen (secondary N) is 1. The van der Waals surface area contributed by atoms with Gasteiger partial charge in [0.25, 0.3) is 11.8 Å². The third-order valence-electron chi connectivity index (χ3n) is 5.45. The quantitative estimate of drug-likeness (QED) is 0.377. The van der Waals surface area contributed by atoms with Crippen LogP contribution in [0, 0.1) is 0 Å². The van der Waals surface area contributed by atoms with Crippen molar-refractivity contribution in [1.29, 1.82) is 0 Å². The van der Waals surface area contributed by atoms with E-state index < -0.39 is 5.97 Å². The van der Waals surface area contributed by atoms with Gasteiger partial charge in [-0.15, -0.1) is 0 Å². The van der Waals surface area contributed by atoms with Crippen LogP contribution >= 0.6 is 0 Å². The highest BCUT2D eigenvalue weighted by molar-refractivity contribution is 6.16. The molecule has 1 aliphatic rings. The van der Waals surface area contributed by atoms with Gasteiger partial charge in [-0.1, -0.05) is 24.3 Å². The van der Waals surface area contributed by atoms with Crippen LogP contribution in [0.25, 0.3) is 6.08 Å². The number of hydrogen-bond acceptors (Lipinski definition) is 7. The van der Waals surface area contributed by atoms with Crippen molar-refractivity contribution in [3.63, 3.8) is 0 Å². The van der Waals surface area contributed by atoms with Crippen molar-refractivity contribution in [2.75, 3.05) is 45.9 Å². The van der Waals surface area contributed by atoms with E-state index in [1.54, 1.807) is 69.5 Å². The third-order valence-corrected chi connectivity index (χ3v) is 5.45. The van der Waals surface area contributed by atoms with Crippen LogP contribution < -0.4 is 14.8 Å². The van der Waals surface area contributed by atoms with E-state index in [4.69, 9.17) is 18.9 Å². The Labute approximate surface area is 210 Å². The largest absolute Gasteiger partial charge is 0.495 e. The number of amides is 2. The van der Waals surface area contributed by atoms with E-state index in [1.807, 2.05) is 6.07 Å². The molecule has 0 fully saturated rings. The molecule has 0 aliphatic carbocycles. The zero-order chi connectivity index (χ0) is 26.1. The summed E-state index contributed by atoms with van der Waals surface area (Å²) in [6, 6.07) is 13.9. The second-order valence-electron chi connectivity index (χ2n) is 7.79. The lowest BCUT2D eigenvalue weighted by Gasteiger charge is -2.16. The molecule has 3 rings (SSSR count). The van der Waals surface area contributed by atoms with Gasteiger partial charge in [-0.3, -0.25) is 9.59 Å². The summed E-state index contributed by atoms with van der Waals surface area (Å²) in [7, 11) is 3.08. The molecule has 2 aromatic rings. The lowest BCUT2D eigenvalue weighted by atomic mass is 10.0. The normalized spacial score (nSPS) is 14.3. The van der Waals surface area contributed by atoms with Crippen molar-refractivity contribution >= 4 is 29.5 Å². The molecule has 1 aliphatic heterocycles. The highest BCUT2D eigenvalue weighted by Gasteiger charge is 2.36. The summed E-state index contributed by atoms with van der Waals surface area (Å²) < 4.78 is 21.1. The maximum atomic E-state index is 13.1. The van der Waals surface area contributed by atoms with E-state index in [0.29, 0.717) is 41.6 Å². The molecule has 0 bridgehead atoms. The summed E-state index contributed by atoms with van der Waals surface area (Å²) in [5.74, 6) is -0.143. The molecule has 9 nitrogen and oxygen atoms in total. The molecule has 2 aromatic carbocycles. The predicted octanol–water partition coefficient (Wildman–Crippen LogP) is 3.42. The maximum Gasteiger partial charge on any atom is 0.340 e. The average Bonchev–Trinajstić information content (AvgIpc) is 3.11. The van der Waals surface area contributed by atoms with Crippen LogP contribution in [0.4, 0.5) is 5.69 Å². The third kappa shape index (κ3) is 6.31. The Balaban J connectivity index is 1.71. The number of rotatable bonds is 11. The Hall–Kier alpha value is -4.11. The van der Waals surface area contributed by atoms with E-state index in [1.165, 1.54) is 12.0 Å². The van der Waals surface area contributed by atoms with Crippen molar-refractivity contribution in [2.24, 2.45) is 0 Å². The summed E-state index contributed by atoms with van der Waals surface area (Å²) in [5, 5.41) is 2.75. The first-order chi connectivity index (χ1) is 17.4. The molecule has 0 spiro atoms. The van der Waals surface area contributed by atoms with Crippen LogP contribution in [0.5, 0.6) is 11.5 Å². The fourth-order valence-electron chi connectivity index (χ4n) is 3.69. The van der Waals surface area contributed by atoms with Crippen molar-refractivity contribution in [2.45, 2.75) is 13.8 Å². The Kier molecular flexibility index (Phi) is 9.24. The van der Waals surface area contributed by atoms with Gasteiger partial charge in [0.15, 0.2) is 6.61 Å². The van der Waals surface area contributed by atoms with Gasteiger partial charge in [-0.05, 0) is 49.8 Å². The number of benzene rings is 2. The SMILES string of the molecule is CCOC(=O)C1=C(C)N(CCOC)C(=O)/C1=C\c1ccc(OCC(=O)Nc2ccccc2OC)cc1. The number of allylic oxidation sites excluding steroid dienone is 1. The molecule has 0 radical (unpaired) electrons. The first-order valence-corrected chi connectivity index (χ1v) is 11.5. The standard InChI is InChI=1S/C27H30N2O7/c1-5-35-27(32)25-18(2)29(14-15-33-3)26(31)21(25)16-19-10-12-20(13-11-19)36-17-24(30)28-22-8-6-7-9-23(22)34-4/h6-13,16H,5,14-15,17H2,1-4H3,(H,28,30)/b21-16-. The minimum atomic E-state index is -0.546. The number of para-hydroxylation sites is 2. The van der Waals surface area contributed by atoms with Crippen molar-refractivity contribution in [1.82, 2.24) is 4.90 Å². The lowest BCUT2D eigenvalue weighted by Crippen LogP contribution is -2.28. The van der Waals surface area contributed by atoms with Crippen LogP contribution in [0.15, 0.2) is 65.4 Å². The maximum absolute atomic E-state index is 13.1. The monoisotopic (exact) mass is 494 g/mol. The molecule has 36 heavy (non-hydrogen) atoms. The summed E-state index contributed by atoms with van der Waals surface area (Å²) in [6.45, 7) is 4.10. The fraction of sp³-hybridized carbons (Fsp3) is 0.296. The van der Waals surface area contributed by atoms with E-state index in [0.717, 1.165) is 0 Å². The Morgan fingerprint density at radius 3 is 2.44 bits per heavy atom. The zero-order valence-corrected chi connectivity index (χ0v) is 20.8. The number of hydrogen-bond donors (Lipinski definition) is 1. The summed E-state index contributed by atoms with van der Waals surface area (Å²) in [5.41, 5.74) is 2.27. The van der Waals surface area contributed by atoms with Crippen molar-refractivity contribution in [3.8, 4) is 11.5 Å². The molecule has 190 valence electrons. The molecule has 0 aromatic heterocycles. The molecule has 2 amide bonds. The number of carbonyl (C=O) groups is 3. The molecule has 0 unspecified atom stereocenters. The van der Waals surface area contributed by atoms with Crippen LogP contribution in [0.3, 0.4) is 0 Å². The van der Waals surface area contributed by atoms with E-state index in [9.17, 15) is 14.4 Å². The number of carbonyl (C=O) groups excluding carboxylic acids is 3. The minimum Gasteiger partial charge on any atom is -0.495 e. The van der Waals surface area contributed by atoms with Crippen LogP contribution in [0.2, 0.25) is 0 Å². The number of methoxy groups -OCH3 is 2. The van der Waals surface area contributed by atoms with Gasteiger partial charge in [0, 0.05) is 19.4 Å². The van der Waals surface area contributed by atoms with Crippen LogP contribution in [-0.2, 0) is 23.9 Å². The zero-order valence-electron chi connectivity index (χ0n) is 20.8. The molecule has 0 saturated carbocycles. The number of ether oxygens (including phenoxy) is 4. The van der Waals surface area contributed by atoms with Crippen LogP contribution in [0.1, 0.15) is 19.4 Å². The second-order valence-corrected chi connectivity index (χ2v) is 7.79. The first-order valence-electron chi connectivity index (χ1n) is 11.5. The van der Waals surface area contributed by atoms with Crippen molar-refractivity contribution < 1.29 is 33.3 Å². The van der Waals surface area contributed by atoms with Gasteiger partial charge in [-0.25, -0.2) is 4.79 Å². The summed E-state index contributed by atoms with van der Waals surface area (Å²) in [6.07, 6.45) is 1.64. The lowest BCUT2D eigenvalue weighted by molar-refractivity contribution is -0.138. The molecular weight excluding hydrogens is 464 g/mol. The Bertz CT molecular complexity index is 1170. The van der Waals surface area contributed by atoms with Gasteiger partial charge in [0.05, 0.1) is 37.2 Å². The number of nitrogens with zero attached hydrogens (tertiary/aromatic N) is 1. The smallest absolute Gasteiger partial charge is 0.340 e. The predicted molar refractivity (Wildman–Crippen MR) is 134 cm³/mol. The molecule has 1 N–H and O–H groups in total. The molecule has 0 saturated heterocycles. The Morgan fingerprint density at radius 1 is 1.06 bits per heavy atom. The van der Waals surface area contributed by atoms with Gasteiger partial charge < -0.3 is 29.2 Å². The highest BCUT2D eigenvalue weighted by Crippen LogP contribution is 2.32. The van der Waals surface area contributed by atoms with Gasteiger partial charge in [0.2, 0.25) is 0 Å². The molecule has 1 heterocycles. The van der Waals surface area contributed by atoms with E-state index in [-0.39, 0.29) is 36.2 Å². The number of anilines is 1. The topological polar surface area (TPSA) is 103 Å².